The zero-order chi connectivity index (χ0) is 23.3. The van der Waals surface area contributed by atoms with Crippen molar-refractivity contribution >= 4 is 11.6 Å². The highest BCUT2D eigenvalue weighted by Gasteiger charge is 2.25. The molecule has 32 heavy (non-hydrogen) atoms. The number of aryl methyl sites for hydroxylation is 2. The Morgan fingerprint density at radius 3 is 2.72 bits per heavy atom. The van der Waals surface area contributed by atoms with E-state index in [2.05, 4.69) is 56.1 Å². The van der Waals surface area contributed by atoms with Crippen molar-refractivity contribution in [1.82, 2.24) is 5.32 Å². The lowest BCUT2D eigenvalue weighted by Gasteiger charge is -2.22. The molecular formula is C26H37N3O3. The lowest BCUT2D eigenvalue weighted by atomic mass is 9.98. The number of nitrogens with zero attached hydrogens (tertiary/aromatic N) is 1. The number of nitrogens with two attached hydrogens (primary N) is 1. The lowest BCUT2D eigenvalue weighted by Crippen LogP contribution is -2.32. The van der Waals surface area contributed by atoms with Gasteiger partial charge in [-0.1, -0.05) is 18.2 Å². The molecule has 6 nitrogen and oxygen atoms in total. The standard InChI is InChI=1S/C26H37N3O3/c1-17-6-7-18(2)25(20(17)4)32-13-9-28-19(3)14-21-15-22-8-11-29(10-5-12-30)24(22)23(16-21)26(27)31/h6-7,15-16,19,28,30H,5,8-14H2,1-4H3,(H2,27,31). The Morgan fingerprint density at radius 1 is 1.25 bits per heavy atom. The van der Waals surface area contributed by atoms with E-state index in [1.165, 1.54) is 16.7 Å². The van der Waals surface area contributed by atoms with Gasteiger partial charge in [-0.2, -0.15) is 0 Å². The molecule has 0 saturated carbocycles. The number of anilines is 1. The maximum absolute atomic E-state index is 12.2. The smallest absolute Gasteiger partial charge is 0.250 e. The second kappa shape index (κ2) is 10.8. The Balaban J connectivity index is 1.59. The highest BCUT2D eigenvalue weighted by molar-refractivity contribution is 6.00. The number of carbonyl (C=O) groups is 1. The van der Waals surface area contributed by atoms with Crippen molar-refractivity contribution in [2.45, 2.75) is 53.0 Å². The molecule has 0 radical (unpaired) electrons. The minimum absolute atomic E-state index is 0.145. The average molecular weight is 440 g/mol. The molecule has 0 aliphatic carbocycles. The molecule has 0 fully saturated rings. The summed E-state index contributed by atoms with van der Waals surface area (Å²) in [6, 6.07) is 8.61. The molecule has 3 rings (SSSR count). The normalized spacial score (nSPS) is 13.8. The van der Waals surface area contributed by atoms with Crippen LogP contribution in [-0.2, 0) is 12.8 Å². The number of rotatable bonds is 11. The molecule has 0 saturated heterocycles. The van der Waals surface area contributed by atoms with Crippen LogP contribution < -0.4 is 20.7 Å². The van der Waals surface area contributed by atoms with Gasteiger partial charge in [0.25, 0.3) is 5.91 Å². The minimum atomic E-state index is -0.392. The van der Waals surface area contributed by atoms with E-state index in [1.54, 1.807) is 0 Å². The van der Waals surface area contributed by atoms with Gasteiger partial charge in [0.15, 0.2) is 0 Å². The van der Waals surface area contributed by atoms with Crippen LogP contribution in [0.3, 0.4) is 0 Å². The predicted octanol–water partition coefficient (Wildman–Crippen LogP) is 3.06. The summed E-state index contributed by atoms with van der Waals surface area (Å²) in [6.45, 7) is 11.5. The SMILES string of the molecule is Cc1ccc(C)c(OCCNC(C)Cc2cc3c(c(C(N)=O)c2)N(CCCO)CC3)c1C. The molecule has 1 amide bonds. The molecule has 1 unspecified atom stereocenters. The van der Waals surface area contributed by atoms with Crippen LogP contribution in [0.15, 0.2) is 24.3 Å². The van der Waals surface area contributed by atoms with Crippen molar-refractivity contribution < 1.29 is 14.6 Å². The van der Waals surface area contributed by atoms with E-state index in [0.717, 1.165) is 55.0 Å². The van der Waals surface area contributed by atoms with Gasteiger partial charge in [-0.25, -0.2) is 0 Å². The van der Waals surface area contributed by atoms with Crippen molar-refractivity contribution in [2.24, 2.45) is 5.73 Å². The van der Waals surface area contributed by atoms with Crippen LogP contribution in [0.2, 0.25) is 0 Å². The number of primary amides is 1. The summed E-state index contributed by atoms with van der Waals surface area (Å²) in [4.78, 5) is 14.3. The maximum atomic E-state index is 12.2. The first-order chi connectivity index (χ1) is 15.3. The van der Waals surface area contributed by atoms with Gasteiger partial charge in [0.2, 0.25) is 0 Å². The first-order valence-electron chi connectivity index (χ1n) is 11.6. The van der Waals surface area contributed by atoms with Gasteiger partial charge in [-0.05, 0) is 80.8 Å². The number of aliphatic hydroxyl groups is 1. The Bertz CT molecular complexity index is 958. The van der Waals surface area contributed by atoms with Crippen LogP contribution >= 0.6 is 0 Å². The molecule has 0 bridgehead atoms. The number of nitrogens with one attached hydrogen (secondary N) is 1. The number of ether oxygens (including phenoxy) is 1. The van der Waals surface area contributed by atoms with Crippen molar-refractivity contribution in [3.63, 3.8) is 0 Å². The van der Waals surface area contributed by atoms with E-state index in [-0.39, 0.29) is 12.6 Å². The van der Waals surface area contributed by atoms with Crippen molar-refractivity contribution in [2.75, 3.05) is 37.7 Å². The van der Waals surface area contributed by atoms with Gasteiger partial charge in [0.1, 0.15) is 12.4 Å². The molecule has 1 aliphatic heterocycles. The second-order valence-corrected chi connectivity index (χ2v) is 8.89. The van der Waals surface area contributed by atoms with E-state index in [4.69, 9.17) is 15.6 Å². The highest BCUT2D eigenvalue weighted by Crippen LogP contribution is 2.33. The second-order valence-electron chi connectivity index (χ2n) is 8.89. The molecule has 0 aromatic heterocycles. The van der Waals surface area contributed by atoms with Gasteiger partial charge in [-0.3, -0.25) is 4.79 Å². The highest BCUT2D eigenvalue weighted by atomic mass is 16.5. The monoisotopic (exact) mass is 439 g/mol. The summed E-state index contributed by atoms with van der Waals surface area (Å²) >= 11 is 0. The quantitative estimate of drug-likeness (QED) is 0.469. The van der Waals surface area contributed by atoms with Crippen LogP contribution in [0.1, 0.15) is 51.5 Å². The van der Waals surface area contributed by atoms with Crippen molar-refractivity contribution in [3.05, 3.63) is 57.6 Å². The summed E-state index contributed by atoms with van der Waals surface area (Å²) in [5, 5.41) is 12.7. The summed E-state index contributed by atoms with van der Waals surface area (Å²) in [6.07, 6.45) is 2.40. The third kappa shape index (κ3) is 5.61. The zero-order valence-electron chi connectivity index (χ0n) is 19.8. The summed E-state index contributed by atoms with van der Waals surface area (Å²) in [5.41, 5.74) is 13.2. The van der Waals surface area contributed by atoms with E-state index < -0.39 is 5.91 Å². The molecule has 4 N–H and O–H groups in total. The Hall–Kier alpha value is -2.57. The third-order valence-electron chi connectivity index (χ3n) is 6.32. The average Bonchev–Trinajstić information content (AvgIpc) is 3.16. The van der Waals surface area contributed by atoms with Crippen LogP contribution in [0.25, 0.3) is 0 Å². The fourth-order valence-electron chi connectivity index (χ4n) is 4.51. The molecular weight excluding hydrogens is 402 g/mol. The van der Waals surface area contributed by atoms with Crippen molar-refractivity contribution in [3.8, 4) is 5.75 Å². The lowest BCUT2D eigenvalue weighted by molar-refractivity contribution is 0.100. The molecule has 2 aromatic carbocycles. The van der Waals surface area contributed by atoms with Gasteiger partial charge in [0.05, 0.1) is 11.3 Å². The molecule has 1 aliphatic rings. The van der Waals surface area contributed by atoms with E-state index in [9.17, 15) is 4.79 Å². The van der Waals surface area contributed by atoms with Gasteiger partial charge in [-0.15, -0.1) is 0 Å². The third-order valence-corrected chi connectivity index (χ3v) is 6.32. The Morgan fingerprint density at radius 2 is 2.00 bits per heavy atom. The zero-order valence-corrected chi connectivity index (χ0v) is 19.8. The van der Waals surface area contributed by atoms with Crippen LogP contribution in [0, 0.1) is 20.8 Å². The van der Waals surface area contributed by atoms with Crippen LogP contribution in [-0.4, -0.2) is 49.9 Å². The van der Waals surface area contributed by atoms with Gasteiger partial charge < -0.3 is 25.8 Å². The van der Waals surface area contributed by atoms with E-state index in [1.807, 2.05) is 6.07 Å². The fourth-order valence-corrected chi connectivity index (χ4v) is 4.51. The largest absolute Gasteiger partial charge is 0.492 e. The Labute approximate surface area is 191 Å². The topological polar surface area (TPSA) is 87.8 Å². The molecule has 174 valence electrons. The minimum Gasteiger partial charge on any atom is -0.492 e. The van der Waals surface area contributed by atoms with Crippen molar-refractivity contribution in [1.29, 1.82) is 0 Å². The fraction of sp³-hybridized carbons (Fsp3) is 0.500. The van der Waals surface area contributed by atoms with E-state index in [0.29, 0.717) is 18.6 Å². The maximum Gasteiger partial charge on any atom is 0.250 e. The molecule has 0 spiro atoms. The van der Waals surface area contributed by atoms with E-state index >= 15 is 0 Å². The van der Waals surface area contributed by atoms with Gasteiger partial charge in [0, 0.05) is 32.3 Å². The Kier molecular flexibility index (Phi) is 8.15. The first-order valence-corrected chi connectivity index (χ1v) is 11.6. The number of carbonyl (C=O) groups excluding carboxylic acids is 1. The predicted molar refractivity (Wildman–Crippen MR) is 130 cm³/mol. The number of fused-ring (bicyclic) bond motifs is 1. The summed E-state index contributed by atoms with van der Waals surface area (Å²) < 4.78 is 6.06. The number of amides is 1. The summed E-state index contributed by atoms with van der Waals surface area (Å²) in [7, 11) is 0. The van der Waals surface area contributed by atoms with Crippen LogP contribution in [0.5, 0.6) is 5.75 Å². The molecule has 2 aromatic rings. The van der Waals surface area contributed by atoms with Crippen LogP contribution in [0.4, 0.5) is 5.69 Å². The number of hydrogen-bond donors (Lipinski definition) is 3. The number of aliphatic hydroxyl groups excluding tert-OH is 1. The van der Waals surface area contributed by atoms with Gasteiger partial charge >= 0.3 is 0 Å². The molecule has 1 heterocycles. The number of benzene rings is 2. The summed E-state index contributed by atoms with van der Waals surface area (Å²) in [5.74, 6) is 0.590. The number of hydrogen-bond acceptors (Lipinski definition) is 5. The molecule has 1 atom stereocenters. The first kappa shape index (κ1) is 24.1. The molecule has 6 heteroatoms.